The van der Waals surface area contributed by atoms with Crippen molar-refractivity contribution in [3.63, 3.8) is 0 Å². The molecule has 0 bridgehead atoms. The normalized spacial score (nSPS) is 10.8. The Hall–Kier alpha value is -3.58. The Morgan fingerprint density at radius 3 is 2.52 bits per heavy atom. The summed E-state index contributed by atoms with van der Waals surface area (Å²) in [6, 6.07) is 17.2. The van der Waals surface area contributed by atoms with Gasteiger partial charge in [-0.25, -0.2) is 9.78 Å². The average molecular weight is 376 g/mol. The van der Waals surface area contributed by atoms with Crippen LogP contribution in [0.5, 0.6) is 0 Å². The summed E-state index contributed by atoms with van der Waals surface area (Å²) in [7, 11) is 0. The number of rotatable bonds is 4. The van der Waals surface area contributed by atoms with Crippen LogP contribution in [0.15, 0.2) is 66.0 Å². The first kappa shape index (κ1) is 16.9. The van der Waals surface area contributed by atoms with Gasteiger partial charge in [0, 0.05) is 22.6 Å². The molecule has 0 aliphatic rings. The van der Waals surface area contributed by atoms with Crippen molar-refractivity contribution in [2.75, 3.05) is 0 Å². The van der Waals surface area contributed by atoms with Gasteiger partial charge in [-0.2, -0.15) is 0 Å². The summed E-state index contributed by atoms with van der Waals surface area (Å²) in [5.41, 5.74) is 2.15. The van der Waals surface area contributed by atoms with Crippen molar-refractivity contribution in [1.29, 1.82) is 0 Å². The van der Waals surface area contributed by atoms with Gasteiger partial charge in [0.25, 0.3) is 5.69 Å². The maximum atomic E-state index is 11.5. The molecule has 0 aliphatic heterocycles. The fourth-order valence-corrected chi connectivity index (χ4v) is 3.83. The summed E-state index contributed by atoms with van der Waals surface area (Å²) >= 11 is 1.37. The van der Waals surface area contributed by atoms with Gasteiger partial charge in [0.1, 0.15) is 5.01 Å². The maximum absolute atomic E-state index is 11.5. The summed E-state index contributed by atoms with van der Waals surface area (Å²) in [4.78, 5) is 27.1. The lowest BCUT2D eigenvalue weighted by Crippen LogP contribution is -1.99. The zero-order valence-corrected chi connectivity index (χ0v) is 14.6. The molecule has 4 rings (SSSR count). The first-order valence-corrected chi connectivity index (χ1v) is 8.88. The molecule has 0 saturated carbocycles. The van der Waals surface area contributed by atoms with Gasteiger partial charge < -0.3 is 5.11 Å². The van der Waals surface area contributed by atoms with E-state index in [1.54, 1.807) is 12.1 Å². The van der Waals surface area contributed by atoms with Gasteiger partial charge in [0.15, 0.2) is 0 Å². The van der Waals surface area contributed by atoms with E-state index in [1.807, 2.05) is 35.7 Å². The fourth-order valence-electron chi connectivity index (χ4n) is 2.97. The highest BCUT2D eigenvalue weighted by Crippen LogP contribution is 2.37. The topological polar surface area (TPSA) is 93.3 Å². The Kier molecular flexibility index (Phi) is 4.13. The van der Waals surface area contributed by atoms with E-state index in [2.05, 4.69) is 4.98 Å². The summed E-state index contributed by atoms with van der Waals surface area (Å²) in [6.45, 7) is 0. The highest BCUT2D eigenvalue weighted by atomic mass is 32.1. The standard InChI is InChI=1S/C20H12N2O4S/c23-20(24)13-9-15-14(7-4-8-18(15)22(25)26)16(10-13)19-21-17(11-27-19)12-5-2-1-3-6-12/h1-11H,(H,23,24). The van der Waals surface area contributed by atoms with Crippen LogP contribution in [0.1, 0.15) is 10.4 Å². The minimum absolute atomic E-state index is 0.0109. The SMILES string of the molecule is O=C(O)c1cc(-c2nc(-c3ccccc3)cs2)c2cccc([N+](=O)[O-])c2c1. The molecule has 0 fully saturated rings. The Bertz CT molecular complexity index is 1190. The molecule has 0 radical (unpaired) electrons. The van der Waals surface area contributed by atoms with Crippen LogP contribution in [0.4, 0.5) is 5.69 Å². The fraction of sp³-hybridized carbons (Fsp3) is 0. The van der Waals surface area contributed by atoms with Crippen LogP contribution in [0.2, 0.25) is 0 Å². The lowest BCUT2D eigenvalue weighted by molar-refractivity contribution is -0.383. The third-order valence-electron chi connectivity index (χ3n) is 4.22. The van der Waals surface area contributed by atoms with Crippen LogP contribution in [-0.2, 0) is 0 Å². The number of carbonyl (C=O) groups is 1. The number of hydrogen-bond acceptors (Lipinski definition) is 5. The lowest BCUT2D eigenvalue weighted by Gasteiger charge is -2.07. The van der Waals surface area contributed by atoms with Gasteiger partial charge in [-0.3, -0.25) is 10.1 Å². The second-order valence-electron chi connectivity index (χ2n) is 5.86. The second-order valence-corrected chi connectivity index (χ2v) is 6.72. The van der Waals surface area contributed by atoms with Gasteiger partial charge in [0.2, 0.25) is 0 Å². The van der Waals surface area contributed by atoms with Crippen molar-refractivity contribution in [2.45, 2.75) is 0 Å². The maximum Gasteiger partial charge on any atom is 0.335 e. The third kappa shape index (κ3) is 3.04. The van der Waals surface area contributed by atoms with Crippen molar-refractivity contribution in [3.8, 4) is 21.8 Å². The lowest BCUT2D eigenvalue weighted by atomic mass is 9.99. The minimum Gasteiger partial charge on any atom is -0.478 e. The summed E-state index contributed by atoms with van der Waals surface area (Å²) in [6.07, 6.45) is 0. The molecule has 6 nitrogen and oxygen atoms in total. The zero-order valence-electron chi connectivity index (χ0n) is 13.8. The molecule has 1 aromatic heterocycles. The van der Waals surface area contributed by atoms with E-state index in [-0.39, 0.29) is 16.6 Å². The average Bonchev–Trinajstić information content (AvgIpc) is 3.17. The van der Waals surface area contributed by atoms with Gasteiger partial charge >= 0.3 is 5.97 Å². The number of nitro benzene ring substituents is 1. The molecule has 0 amide bonds. The molecule has 4 aromatic rings. The van der Waals surface area contributed by atoms with Crippen molar-refractivity contribution in [1.82, 2.24) is 4.98 Å². The first-order chi connectivity index (χ1) is 13.0. The Balaban J connectivity index is 1.96. The van der Waals surface area contributed by atoms with E-state index in [1.165, 1.54) is 29.5 Å². The van der Waals surface area contributed by atoms with Crippen molar-refractivity contribution < 1.29 is 14.8 Å². The van der Waals surface area contributed by atoms with Gasteiger partial charge in [-0.1, -0.05) is 42.5 Å². The van der Waals surface area contributed by atoms with E-state index in [0.29, 0.717) is 16.0 Å². The Morgan fingerprint density at radius 1 is 1.04 bits per heavy atom. The summed E-state index contributed by atoms with van der Waals surface area (Å²) in [5.74, 6) is -1.14. The molecule has 3 aromatic carbocycles. The predicted molar refractivity (Wildman–Crippen MR) is 104 cm³/mol. The molecular weight excluding hydrogens is 364 g/mol. The van der Waals surface area contributed by atoms with Crippen molar-refractivity contribution in [3.05, 3.63) is 81.7 Å². The van der Waals surface area contributed by atoms with Crippen LogP contribution in [-0.4, -0.2) is 21.0 Å². The van der Waals surface area contributed by atoms with Crippen molar-refractivity contribution in [2.24, 2.45) is 0 Å². The molecule has 0 saturated heterocycles. The number of fused-ring (bicyclic) bond motifs is 1. The predicted octanol–water partition coefficient (Wildman–Crippen LogP) is 5.24. The van der Waals surface area contributed by atoms with Crippen LogP contribution in [0.25, 0.3) is 32.6 Å². The molecule has 132 valence electrons. The number of carboxylic acids is 1. The van der Waals surface area contributed by atoms with E-state index < -0.39 is 10.9 Å². The van der Waals surface area contributed by atoms with Gasteiger partial charge in [-0.05, 0) is 17.5 Å². The molecule has 0 spiro atoms. The molecule has 1 heterocycles. The van der Waals surface area contributed by atoms with Gasteiger partial charge in [-0.15, -0.1) is 11.3 Å². The van der Waals surface area contributed by atoms with E-state index in [0.717, 1.165) is 11.3 Å². The monoisotopic (exact) mass is 376 g/mol. The number of hydrogen-bond donors (Lipinski definition) is 1. The number of carboxylic acid groups (broad SMARTS) is 1. The van der Waals surface area contributed by atoms with Crippen LogP contribution >= 0.6 is 11.3 Å². The number of aromatic carboxylic acids is 1. The number of non-ortho nitro benzene ring substituents is 1. The first-order valence-electron chi connectivity index (χ1n) is 8.00. The van der Waals surface area contributed by atoms with E-state index in [9.17, 15) is 20.0 Å². The third-order valence-corrected chi connectivity index (χ3v) is 5.10. The van der Waals surface area contributed by atoms with Crippen LogP contribution in [0.3, 0.4) is 0 Å². The zero-order chi connectivity index (χ0) is 19.0. The highest BCUT2D eigenvalue weighted by Gasteiger charge is 2.19. The minimum atomic E-state index is -1.14. The molecular formula is C20H12N2O4S. The molecule has 27 heavy (non-hydrogen) atoms. The number of thiazole rings is 1. The molecule has 0 unspecified atom stereocenters. The molecule has 7 heteroatoms. The smallest absolute Gasteiger partial charge is 0.335 e. The van der Waals surface area contributed by atoms with Gasteiger partial charge in [0.05, 0.1) is 21.6 Å². The van der Waals surface area contributed by atoms with Crippen LogP contribution in [0, 0.1) is 10.1 Å². The Labute approximate surface area is 157 Å². The number of aromatic nitrogens is 1. The highest BCUT2D eigenvalue weighted by molar-refractivity contribution is 7.13. The van der Waals surface area contributed by atoms with E-state index >= 15 is 0 Å². The number of nitrogens with zero attached hydrogens (tertiary/aromatic N) is 2. The summed E-state index contributed by atoms with van der Waals surface area (Å²) in [5, 5.41) is 24.2. The summed E-state index contributed by atoms with van der Waals surface area (Å²) < 4.78 is 0. The second kappa shape index (κ2) is 6.62. The molecule has 0 atom stereocenters. The number of benzene rings is 3. The Morgan fingerprint density at radius 2 is 1.81 bits per heavy atom. The molecule has 0 aliphatic carbocycles. The van der Waals surface area contributed by atoms with Crippen molar-refractivity contribution >= 4 is 33.8 Å². The quantitative estimate of drug-likeness (QED) is 0.388. The van der Waals surface area contributed by atoms with E-state index in [4.69, 9.17) is 0 Å². The van der Waals surface area contributed by atoms with Crippen LogP contribution < -0.4 is 0 Å². The number of nitro groups is 1. The molecule has 1 N–H and O–H groups in total. The largest absolute Gasteiger partial charge is 0.478 e.